The van der Waals surface area contributed by atoms with Crippen LogP contribution in [0.2, 0.25) is 0 Å². The number of aromatic nitrogens is 3. The van der Waals surface area contributed by atoms with Gasteiger partial charge in [0.25, 0.3) is 0 Å². The molecular formula is C23H18F2N6O. The zero-order chi connectivity index (χ0) is 22.1. The van der Waals surface area contributed by atoms with Crippen LogP contribution in [-0.4, -0.2) is 31.9 Å². The average molecular weight is 432 g/mol. The van der Waals surface area contributed by atoms with Crippen LogP contribution in [0.3, 0.4) is 0 Å². The van der Waals surface area contributed by atoms with E-state index in [0.717, 1.165) is 36.4 Å². The summed E-state index contributed by atoms with van der Waals surface area (Å²) < 4.78 is 29.3. The Hall–Kier alpha value is -3.67. The SMILES string of the molecule is N#Cc1cnc2cnn(CC34CC(C(=O)N5N=CCC5c5cc(F)cc(F)c5)(C3)C4)c2c1. The molecule has 2 aromatic heterocycles. The number of benzene rings is 1. The van der Waals surface area contributed by atoms with Gasteiger partial charge < -0.3 is 0 Å². The van der Waals surface area contributed by atoms with Gasteiger partial charge in [0, 0.05) is 31.4 Å². The molecule has 1 aliphatic heterocycles. The highest BCUT2D eigenvalue weighted by molar-refractivity contribution is 5.88. The first-order valence-electron chi connectivity index (χ1n) is 10.4. The van der Waals surface area contributed by atoms with Crippen molar-refractivity contribution in [3.63, 3.8) is 0 Å². The molecule has 7 nitrogen and oxygen atoms in total. The van der Waals surface area contributed by atoms with E-state index in [9.17, 15) is 13.6 Å². The van der Waals surface area contributed by atoms with Crippen LogP contribution in [0.25, 0.3) is 11.0 Å². The summed E-state index contributed by atoms with van der Waals surface area (Å²) >= 11 is 0. The third-order valence-corrected chi connectivity index (χ3v) is 7.01. The molecule has 3 fully saturated rings. The number of nitriles is 1. The maximum Gasteiger partial charge on any atom is 0.249 e. The van der Waals surface area contributed by atoms with Gasteiger partial charge in [0.1, 0.15) is 23.2 Å². The van der Waals surface area contributed by atoms with E-state index in [-0.39, 0.29) is 11.3 Å². The van der Waals surface area contributed by atoms with Crippen molar-refractivity contribution in [2.45, 2.75) is 38.3 Å². The number of carbonyl (C=O) groups excluding carboxylic acids is 1. The second-order valence-corrected chi connectivity index (χ2v) is 9.26. The molecular weight excluding hydrogens is 414 g/mol. The van der Waals surface area contributed by atoms with Crippen molar-refractivity contribution in [2.75, 3.05) is 0 Å². The number of amides is 1. The number of halogens is 2. The normalized spacial score (nSPS) is 27.8. The summed E-state index contributed by atoms with van der Waals surface area (Å²) in [7, 11) is 0. The molecule has 3 aliphatic carbocycles. The van der Waals surface area contributed by atoms with Crippen LogP contribution in [0.4, 0.5) is 8.78 Å². The number of rotatable bonds is 4. The van der Waals surface area contributed by atoms with Crippen molar-refractivity contribution in [2.24, 2.45) is 15.9 Å². The number of carbonyl (C=O) groups is 1. The lowest BCUT2D eigenvalue weighted by Crippen LogP contribution is -2.68. The molecule has 3 saturated carbocycles. The van der Waals surface area contributed by atoms with E-state index in [1.165, 1.54) is 23.3 Å². The molecule has 0 spiro atoms. The van der Waals surface area contributed by atoms with E-state index in [2.05, 4.69) is 21.3 Å². The Morgan fingerprint density at radius 2 is 1.91 bits per heavy atom. The van der Waals surface area contributed by atoms with E-state index in [1.807, 2.05) is 4.68 Å². The van der Waals surface area contributed by atoms with Gasteiger partial charge in [-0.05, 0) is 48.4 Å². The lowest BCUT2D eigenvalue weighted by molar-refractivity contribution is -0.223. The predicted molar refractivity (Wildman–Crippen MR) is 110 cm³/mol. The second kappa shape index (κ2) is 6.42. The Bertz CT molecular complexity index is 1320. The van der Waals surface area contributed by atoms with Gasteiger partial charge in [-0.25, -0.2) is 13.8 Å². The molecule has 0 N–H and O–H groups in total. The molecule has 1 amide bonds. The molecule has 0 radical (unpaired) electrons. The van der Waals surface area contributed by atoms with Gasteiger partial charge in [0.05, 0.1) is 28.7 Å². The Balaban J connectivity index is 1.18. The van der Waals surface area contributed by atoms with Crippen molar-refractivity contribution in [3.8, 4) is 6.07 Å². The van der Waals surface area contributed by atoms with Crippen LogP contribution >= 0.6 is 0 Å². The van der Waals surface area contributed by atoms with Crippen molar-refractivity contribution in [1.29, 1.82) is 5.26 Å². The van der Waals surface area contributed by atoms with Gasteiger partial charge in [0.15, 0.2) is 0 Å². The fourth-order valence-corrected chi connectivity index (χ4v) is 5.75. The molecule has 3 heterocycles. The van der Waals surface area contributed by atoms with E-state index in [1.54, 1.807) is 18.5 Å². The van der Waals surface area contributed by atoms with E-state index in [4.69, 9.17) is 5.26 Å². The molecule has 7 rings (SSSR count). The Labute approximate surface area is 182 Å². The molecule has 2 bridgehead atoms. The third kappa shape index (κ3) is 2.68. The summed E-state index contributed by atoms with van der Waals surface area (Å²) in [5, 5.41) is 19.2. The molecule has 4 aliphatic rings. The van der Waals surface area contributed by atoms with E-state index >= 15 is 0 Å². The van der Waals surface area contributed by atoms with Gasteiger partial charge in [-0.2, -0.15) is 15.5 Å². The lowest BCUT2D eigenvalue weighted by Gasteiger charge is -2.69. The monoisotopic (exact) mass is 432 g/mol. The fraction of sp³-hybridized carbons (Fsp3) is 0.348. The highest BCUT2D eigenvalue weighted by atomic mass is 19.1. The van der Waals surface area contributed by atoms with Gasteiger partial charge in [0.2, 0.25) is 5.91 Å². The van der Waals surface area contributed by atoms with Crippen molar-refractivity contribution >= 4 is 23.2 Å². The summed E-state index contributed by atoms with van der Waals surface area (Å²) in [5.41, 5.74) is 1.96. The molecule has 1 atom stereocenters. The number of pyridine rings is 1. The number of hydrazone groups is 1. The van der Waals surface area contributed by atoms with Crippen LogP contribution in [-0.2, 0) is 11.3 Å². The standard InChI is InChI=1S/C23H18F2N6O/c24-16-4-15(5-17(25)6-16)19-1-2-28-31(19)21(32)23-10-22(11-23,12-23)13-30-20-3-14(7-26)8-27-18(20)9-29-30/h2-6,8-9,19H,1,10-13H2. The zero-order valence-electron chi connectivity index (χ0n) is 17.0. The number of fused-ring (bicyclic) bond motifs is 1. The van der Waals surface area contributed by atoms with Crippen LogP contribution in [0.5, 0.6) is 0 Å². The van der Waals surface area contributed by atoms with Gasteiger partial charge >= 0.3 is 0 Å². The minimum Gasteiger partial charge on any atom is -0.272 e. The van der Waals surface area contributed by atoms with Crippen molar-refractivity contribution < 1.29 is 13.6 Å². The first kappa shape index (κ1) is 19.0. The highest BCUT2D eigenvalue weighted by Gasteiger charge is 2.72. The minimum absolute atomic E-state index is 0.0127. The quantitative estimate of drug-likeness (QED) is 0.629. The number of hydrogen-bond donors (Lipinski definition) is 0. The summed E-state index contributed by atoms with van der Waals surface area (Å²) in [5.74, 6) is -1.41. The smallest absolute Gasteiger partial charge is 0.249 e. The predicted octanol–water partition coefficient (Wildman–Crippen LogP) is 3.71. The molecule has 3 aromatic rings. The molecule has 9 heteroatoms. The fourth-order valence-electron chi connectivity index (χ4n) is 5.75. The second-order valence-electron chi connectivity index (χ2n) is 9.26. The summed E-state index contributed by atoms with van der Waals surface area (Å²) in [4.78, 5) is 17.6. The zero-order valence-corrected chi connectivity index (χ0v) is 17.0. The van der Waals surface area contributed by atoms with Gasteiger partial charge in [-0.15, -0.1) is 0 Å². The molecule has 160 valence electrons. The molecule has 1 aromatic carbocycles. The first-order chi connectivity index (χ1) is 15.4. The topological polar surface area (TPSA) is 87.2 Å². The van der Waals surface area contributed by atoms with E-state index in [0.29, 0.717) is 24.1 Å². The van der Waals surface area contributed by atoms with Gasteiger partial charge in [-0.1, -0.05) is 0 Å². The third-order valence-electron chi connectivity index (χ3n) is 7.01. The minimum atomic E-state index is -0.663. The van der Waals surface area contributed by atoms with E-state index < -0.39 is 23.1 Å². The Kier molecular flexibility index (Phi) is 3.82. The molecule has 1 unspecified atom stereocenters. The highest BCUT2D eigenvalue weighted by Crippen LogP contribution is 2.74. The van der Waals surface area contributed by atoms with Crippen LogP contribution in [0.1, 0.15) is 42.9 Å². The van der Waals surface area contributed by atoms with Crippen LogP contribution < -0.4 is 0 Å². The Morgan fingerprint density at radius 3 is 2.62 bits per heavy atom. The van der Waals surface area contributed by atoms with Crippen molar-refractivity contribution in [3.05, 3.63) is 59.4 Å². The summed E-state index contributed by atoms with van der Waals surface area (Å²) in [6.07, 6.45) is 7.45. The largest absolute Gasteiger partial charge is 0.272 e. The summed E-state index contributed by atoms with van der Waals surface area (Å²) in [6, 6.07) is 6.75. The van der Waals surface area contributed by atoms with Crippen LogP contribution in [0.15, 0.2) is 41.8 Å². The van der Waals surface area contributed by atoms with Gasteiger partial charge in [-0.3, -0.25) is 14.5 Å². The van der Waals surface area contributed by atoms with Crippen LogP contribution in [0, 0.1) is 33.8 Å². The maximum atomic E-state index is 13.7. The lowest BCUT2D eigenvalue weighted by atomic mass is 9.34. The first-order valence-corrected chi connectivity index (χ1v) is 10.4. The molecule has 32 heavy (non-hydrogen) atoms. The Morgan fingerprint density at radius 1 is 1.16 bits per heavy atom. The maximum absolute atomic E-state index is 13.7. The number of nitrogens with zero attached hydrogens (tertiary/aromatic N) is 6. The molecule has 0 saturated heterocycles. The summed E-state index contributed by atoms with van der Waals surface area (Å²) in [6.45, 7) is 0.657. The average Bonchev–Trinajstić information content (AvgIpc) is 3.35. The number of hydrogen-bond acceptors (Lipinski definition) is 5. The van der Waals surface area contributed by atoms with Crippen molar-refractivity contribution in [1.82, 2.24) is 19.8 Å².